The van der Waals surface area contributed by atoms with Crippen LogP contribution in [0.4, 0.5) is 4.39 Å². The standard InChI is InChI=1S/C10H15FN2O4S2.ClH/c1-12-5-6-13-19(16,17)8-3-4-10(9(11)7-8)18(2,14)15;/h3-4,7,12-13H,5-6H2,1-2H3;1H. The molecule has 0 unspecified atom stereocenters. The molecule has 0 heterocycles. The maximum atomic E-state index is 13.6. The average Bonchev–Trinajstić information content (AvgIpc) is 2.27. The van der Waals surface area contributed by atoms with Crippen molar-refractivity contribution >= 4 is 32.3 Å². The van der Waals surface area contributed by atoms with E-state index in [1.807, 2.05) is 0 Å². The van der Waals surface area contributed by atoms with Crippen LogP contribution >= 0.6 is 12.4 Å². The van der Waals surface area contributed by atoms with Gasteiger partial charge in [0.15, 0.2) is 9.84 Å². The highest BCUT2D eigenvalue weighted by molar-refractivity contribution is 7.90. The van der Waals surface area contributed by atoms with E-state index in [0.717, 1.165) is 18.4 Å². The Morgan fingerprint density at radius 2 is 1.75 bits per heavy atom. The van der Waals surface area contributed by atoms with Gasteiger partial charge in [-0.15, -0.1) is 12.4 Å². The first kappa shape index (κ1) is 19.3. The van der Waals surface area contributed by atoms with E-state index in [2.05, 4.69) is 10.0 Å². The minimum Gasteiger partial charge on any atom is -0.318 e. The molecule has 0 atom stereocenters. The Morgan fingerprint density at radius 3 is 2.20 bits per heavy atom. The molecule has 0 saturated heterocycles. The second kappa shape index (κ2) is 7.32. The Hall–Kier alpha value is -0.740. The topological polar surface area (TPSA) is 92.3 Å². The highest BCUT2D eigenvalue weighted by Crippen LogP contribution is 2.18. The van der Waals surface area contributed by atoms with Crippen molar-refractivity contribution in [1.29, 1.82) is 0 Å². The van der Waals surface area contributed by atoms with Crippen molar-refractivity contribution in [3.63, 3.8) is 0 Å². The van der Waals surface area contributed by atoms with Crippen molar-refractivity contribution in [2.75, 3.05) is 26.4 Å². The summed E-state index contributed by atoms with van der Waals surface area (Å²) >= 11 is 0. The predicted octanol–water partition coefficient (Wildman–Crippen LogP) is 0.149. The van der Waals surface area contributed by atoms with Gasteiger partial charge in [-0.05, 0) is 25.2 Å². The van der Waals surface area contributed by atoms with E-state index < -0.39 is 30.6 Å². The molecule has 0 aromatic heterocycles. The summed E-state index contributed by atoms with van der Waals surface area (Å²) in [6.07, 6.45) is 0.852. The Balaban J connectivity index is 0.00000361. The molecule has 0 amide bonds. The molecular weight excluding hydrogens is 331 g/mol. The van der Waals surface area contributed by atoms with Gasteiger partial charge < -0.3 is 5.32 Å². The van der Waals surface area contributed by atoms with Crippen molar-refractivity contribution in [3.8, 4) is 0 Å². The Kier molecular flexibility index (Phi) is 7.05. The first-order chi connectivity index (χ1) is 8.68. The number of benzene rings is 1. The number of hydrogen-bond donors (Lipinski definition) is 2. The SMILES string of the molecule is CNCCNS(=O)(=O)c1ccc(S(C)(=O)=O)c(F)c1.Cl. The lowest BCUT2D eigenvalue weighted by Crippen LogP contribution is -2.30. The van der Waals surface area contributed by atoms with Crippen LogP contribution in [0.2, 0.25) is 0 Å². The van der Waals surface area contributed by atoms with Crippen LogP contribution in [0.15, 0.2) is 28.0 Å². The molecule has 6 nitrogen and oxygen atoms in total. The van der Waals surface area contributed by atoms with E-state index >= 15 is 0 Å². The lowest BCUT2D eigenvalue weighted by atomic mass is 10.3. The molecule has 0 spiro atoms. The van der Waals surface area contributed by atoms with Gasteiger partial charge in [0.2, 0.25) is 10.0 Å². The molecule has 0 aliphatic carbocycles. The number of sulfone groups is 1. The maximum Gasteiger partial charge on any atom is 0.240 e. The summed E-state index contributed by atoms with van der Waals surface area (Å²) in [5.41, 5.74) is 0. The molecular formula is C10H16ClFN2O4S2. The molecule has 10 heteroatoms. The normalized spacial score (nSPS) is 11.9. The number of sulfonamides is 1. The molecule has 0 aliphatic rings. The number of hydrogen-bond acceptors (Lipinski definition) is 5. The van der Waals surface area contributed by atoms with Gasteiger partial charge in [0.1, 0.15) is 10.7 Å². The van der Waals surface area contributed by atoms with Crippen molar-refractivity contribution < 1.29 is 21.2 Å². The van der Waals surface area contributed by atoms with Gasteiger partial charge in [-0.3, -0.25) is 0 Å². The summed E-state index contributed by atoms with van der Waals surface area (Å²) in [6.45, 7) is 0.567. The number of rotatable bonds is 6. The van der Waals surface area contributed by atoms with Crippen LogP contribution in [0.25, 0.3) is 0 Å². The van der Waals surface area contributed by atoms with Crippen LogP contribution < -0.4 is 10.0 Å². The Morgan fingerprint density at radius 1 is 1.15 bits per heavy atom. The van der Waals surface area contributed by atoms with E-state index in [-0.39, 0.29) is 23.8 Å². The lowest BCUT2D eigenvalue weighted by molar-refractivity contribution is 0.560. The molecule has 2 N–H and O–H groups in total. The molecule has 0 saturated carbocycles. The molecule has 1 aromatic carbocycles. The van der Waals surface area contributed by atoms with Gasteiger partial charge in [0.05, 0.1) is 4.90 Å². The zero-order valence-corrected chi connectivity index (χ0v) is 13.3. The van der Waals surface area contributed by atoms with Gasteiger partial charge in [0, 0.05) is 19.3 Å². The molecule has 1 aromatic rings. The van der Waals surface area contributed by atoms with Crippen molar-refractivity contribution in [2.45, 2.75) is 9.79 Å². The van der Waals surface area contributed by atoms with Gasteiger partial charge in [-0.25, -0.2) is 25.9 Å². The first-order valence-electron chi connectivity index (χ1n) is 5.32. The summed E-state index contributed by atoms with van der Waals surface area (Å²) in [5.74, 6) is -1.08. The number of halogens is 2. The van der Waals surface area contributed by atoms with Gasteiger partial charge in [-0.1, -0.05) is 0 Å². The third kappa shape index (κ3) is 4.98. The monoisotopic (exact) mass is 346 g/mol. The minimum absolute atomic E-state index is 0. The van der Waals surface area contributed by atoms with Crippen LogP contribution in [0.1, 0.15) is 0 Å². The third-order valence-electron chi connectivity index (χ3n) is 2.28. The predicted molar refractivity (Wildman–Crippen MR) is 75.9 cm³/mol. The fourth-order valence-corrected chi connectivity index (χ4v) is 3.11. The van der Waals surface area contributed by atoms with Crippen LogP contribution in [0.5, 0.6) is 0 Å². The van der Waals surface area contributed by atoms with Crippen LogP contribution in [-0.2, 0) is 19.9 Å². The van der Waals surface area contributed by atoms with Crippen LogP contribution in [0.3, 0.4) is 0 Å². The molecule has 0 fully saturated rings. The fraction of sp³-hybridized carbons (Fsp3) is 0.400. The van der Waals surface area contributed by atoms with E-state index in [4.69, 9.17) is 0 Å². The number of likely N-dealkylation sites (N-methyl/N-ethyl adjacent to an activating group) is 1. The molecule has 116 valence electrons. The highest BCUT2D eigenvalue weighted by Gasteiger charge is 2.19. The van der Waals surface area contributed by atoms with Gasteiger partial charge in [0.25, 0.3) is 0 Å². The second-order valence-corrected chi connectivity index (χ2v) is 7.62. The Bertz CT molecular complexity index is 662. The maximum absolute atomic E-state index is 13.6. The minimum atomic E-state index is -3.84. The van der Waals surface area contributed by atoms with Crippen molar-refractivity contribution in [3.05, 3.63) is 24.0 Å². The molecule has 20 heavy (non-hydrogen) atoms. The largest absolute Gasteiger partial charge is 0.318 e. The Labute approximate surface area is 124 Å². The average molecular weight is 347 g/mol. The van der Waals surface area contributed by atoms with E-state index in [1.54, 1.807) is 7.05 Å². The van der Waals surface area contributed by atoms with Crippen molar-refractivity contribution in [1.82, 2.24) is 10.0 Å². The van der Waals surface area contributed by atoms with Crippen LogP contribution in [-0.4, -0.2) is 43.2 Å². The van der Waals surface area contributed by atoms with E-state index in [9.17, 15) is 21.2 Å². The molecule has 0 radical (unpaired) electrons. The third-order valence-corrected chi connectivity index (χ3v) is 4.87. The highest BCUT2D eigenvalue weighted by atomic mass is 35.5. The lowest BCUT2D eigenvalue weighted by Gasteiger charge is -2.08. The molecule has 0 aliphatic heterocycles. The summed E-state index contributed by atoms with van der Waals surface area (Å²) < 4.78 is 61.8. The van der Waals surface area contributed by atoms with E-state index in [1.165, 1.54) is 0 Å². The summed E-state index contributed by atoms with van der Waals surface area (Å²) in [6, 6.07) is 2.69. The zero-order chi connectivity index (χ0) is 14.7. The fourth-order valence-electron chi connectivity index (χ4n) is 1.34. The van der Waals surface area contributed by atoms with Crippen molar-refractivity contribution in [2.24, 2.45) is 0 Å². The second-order valence-electron chi connectivity index (χ2n) is 3.87. The van der Waals surface area contributed by atoms with Gasteiger partial charge in [-0.2, -0.15) is 0 Å². The quantitative estimate of drug-likeness (QED) is 0.715. The first-order valence-corrected chi connectivity index (χ1v) is 8.70. The summed E-state index contributed by atoms with van der Waals surface area (Å²) in [4.78, 5) is -0.838. The van der Waals surface area contributed by atoms with E-state index in [0.29, 0.717) is 12.6 Å². The number of nitrogens with one attached hydrogen (secondary N) is 2. The summed E-state index contributed by atoms with van der Waals surface area (Å²) in [5, 5.41) is 2.75. The van der Waals surface area contributed by atoms with Crippen LogP contribution in [0, 0.1) is 5.82 Å². The molecule has 1 rings (SSSR count). The summed E-state index contributed by atoms with van der Waals surface area (Å²) in [7, 11) is -5.90. The zero-order valence-electron chi connectivity index (χ0n) is 10.9. The van der Waals surface area contributed by atoms with Gasteiger partial charge >= 0.3 is 0 Å². The smallest absolute Gasteiger partial charge is 0.240 e. The molecule has 0 bridgehead atoms.